The van der Waals surface area contributed by atoms with Crippen molar-refractivity contribution in [2.24, 2.45) is 29.6 Å². The molecule has 0 radical (unpaired) electrons. The molecular formula is C25H33F3. The van der Waals surface area contributed by atoms with Gasteiger partial charge in [-0.15, -0.1) is 0 Å². The van der Waals surface area contributed by atoms with Gasteiger partial charge in [0.25, 0.3) is 0 Å². The van der Waals surface area contributed by atoms with Crippen LogP contribution in [-0.2, 0) is 0 Å². The average molecular weight is 391 g/mol. The molecule has 6 atom stereocenters. The molecule has 0 aromatic heterocycles. The first-order chi connectivity index (χ1) is 13.6. The summed E-state index contributed by atoms with van der Waals surface area (Å²) in [6.07, 6.45) is 16.9. The first-order valence-corrected chi connectivity index (χ1v) is 11.3. The fourth-order valence-corrected chi connectivity index (χ4v) is 6.77. The second kappa shape index (κ2) is 8.63. The van der Waals surface area contributed by atoms with Crippen LogP contribution in [0.2, 0.25) is 0 Å². The van der Waals surface area contributed by atoms with Gasteiger partial charge >= 0.3 is 0 Å². The second-order valence-corrected chi connectivity index (χ2v) is 9.56. The smallest absolute Gasteiger partial charge is 0.194 e. The van der Waals surface area contributed by atoms with Gasteiger partial charge in [-0.1, -0.05) is 18.6 Å². The maximum atomic E-state index is 13.7. The van der Waals surface area contributed by atoms with Crippen LogP contribution in [0.1, 0.15) is 82.6 Å². The van der Waals surface area contributed by atoms with E-state index in [0.717, 1.165) is 36.5 Å². The van der Waals surface area contributed by atoms with Crippen LogP contribution < -0.4 is 0 Å². The zero-order valence-corrected chi connectivity index (χ0v) is 17.0. The molecule has 0 amide bonds. The van der Waals surface area contributed by atoms with Crippen LogP contribution in [0, 0.1) is 47.0 Å². The van der Waals surface area contributed by atoms with Crippen LogP contribution in [0.3, 0.4) is 0 Å². The third-order valence-electron chi connectivity index (χ3n) is 8.10. The van der Waals surface area contributed by atoms with E-state index in [0.29, 0.717) is 11.5 Å². The highest BCUT2D eigenvalue weighted by Crippen LogP contribution is 2.55. The van der Waals surface area contributed by atoms with Crippen molar-refractivity contribution in [3.63, 3.8) is 0 Å². The number of allylic oxidation sites excluding steroid dienone is 2. The highest BCUT2D eigenvalue weighted by atomic mass is 19.2. The normalized spacial score (nSPS) is 35.6. The fourth-order valence-electron chi connectivity index (χ4n) is 6.77. The Bertz CT molecular complexity index is 687. The number of fused-ring (bicyclic) bond motifs is 3. The average Bonchev–Trinajstić information content (AvgIpc) is 2.71. The van der Waals surface area contributed by atoms with Gasteiger partial charge < -0.3 is 0 Å². The lowest BCUT2D eigenvalue weighted by Crippen LogP contribution is -2.41. The Labute approximate surface area is 167 Å². The lowest BCUT2D eigenvalue weighted by Gasteiger charge is -2.51. The van der Waals surface area contributed by atoms with Crippen LogP contribution in [0.4, 0.5) is 13.2 Å². The fraction of sp³-hybridized carbons (Fsp3) is 0.680. The summed E-state index contributed by atoms with van der Waals surface area (Å²) in [6, 6.07) is 2.45. The van der Waals surface area contributed by atoms with Crippen molar-refractivity contribution < 1.29 is 13.2 Å². The Balaban J connectivity index is 1.38. The van der Waals surface area contributed by atoms with Gasteiger partial charge in [0.2, 0.25) is 0 Å². The molecule has 3 aliphatic carbocycles. The summed E-state index contributed by atoms with van der Waals surface area (Å²) in [5.41, 5.74) is 0.657. The number of rotatable bonds is 4. The van der Waals surface area contributed by atoms with Gasteiger partial charge in [-0.05, 0) is 118 Å². The third kappa shape index (κ3) is 4.04. The summed E-state index contributed by atoms with van der Waals surface area (Å²) in [5.74, 6) is 0.868. The van der Waals surface area contributed by atoms with Gasteiger partial charge in [0.1, 0.15) is 0 Å². The van der Waals surface area contributed by atoms with Crippen LogP contribution in [-0.4, -0.2) is 0 Å². The molecule has 0 bridgehead atoms. The van der Waals surface area contributed by atoms with Crippen LogP contribution >= 0.6 is 0 Å². The molecule has 28 heavy (non-hydrogen) atoms. The molecule has 3 aliphatic rings. The van der Waals surface area contributed by atoms with E-state index in [4.69, 9.17) is 0 Å². The molecule has 0 N–H and O–H groups in total. The molecule has 6 unspecified atom stereocenters. The molecule has 0 aliphatic heterocycles. The summed E-state index contributed by atoms with van der Waals surface area (Å²) in [5, 5.41) is 0. The maximum absolute atomic E-state index is 13.7. The summed E-state index contributed by atoms with van der Waals surface area (Å²) in [4.78, 5) is 0. The number of benzene rings is 1. The second-order valence-electron chi connectivity index (χ2n) is 9.56. The number of hydrogen-bond donors (Lipinski definition) is 0. The lowest BCUT2D eigenvalue weighted by molar-refractivity contribution is 0.00561. The molecule has 0 saturated heterocycles. The Morgan fingerprint density at radius 1 is 0.857 bits per heavy atom. The predicted molar refractivity (Wildman–Crippen MR) is 107 cm³/mol. The van der Waals surface area contributed by atoms with Gasteiger partial charge in [-0.3, -0.25) is 0 Å². The highest BCUT2D eigenvalue weighted by Gasteiger charge is 2.44. The highest BCUT2D eigenvalue weighted by molar-refractivity contribution is 5.24. The zero-order chi connectivity index (χ0) is 19.7. The van der Waals surface area contributed by atoms with Crippen molar-refractivity contribution >= 4 is 0 Å². The minimum atomic E-state index is -1.34. The van der Waals surface area contributed by atoms with Crippen molar-refractivity contribution in [2.45, 2.75) is 77.0 Å². The molecular weight excluding hydrogens is 357 g/mol. The number of hydrogen-bond acceptors (Lipinski definition) is 0. The first-order valence-electron chi connectivity index (χ1n) is 11.3. The Hall–Kier alpha value is -1.25. The SMILES string of the molecule is CC=CCCC1CCC2C(CCC3CC(c4cc(F)c(F)c(F)c4)CCC32)C1. The molecule has 4 rings (SSSR count). The molecule has 0 heterocycles. The monoisotopic (exact) mass is 390 g/mol. The van der Waals surface area contributed by atoms with Crippen molar-refractivity contribution in [1.82, 2.24) is 0 Å². The van der Waals surface area contributed by atoms with Crippen LogP contribution in [0.5, 0.6) is 0 Å². The van der Waals surface area contributed by atoms with Gasteiger partial charge in [-0.2, -0.15) is 0 Å². The zero-order valence-electron chi connectivity index (χ0n) is 17.0. The van der Waals surface area contributed by atoms with E-state index in [-0.39, 0.29) is 5.92 Å². The van der Waals surface area contributed by atoms with E-state index < -0.39 is 17.5 Å². The van der Waals surface area contributed by atoms with E-state index in [9.17, 15) is 13.2 Å². The van der Waals surface area contributed by atoms with E-state index in [1.54, 1.807) is 0 Å². The molecule has 1 aromatic carbocycles. The van der Waals surface area contributed by atoms with Crippen molar-refractivity contribution in [3.8, 4) is 0 Å². The van der Waals surface area contributed by atoms with Crippen molar-refractivity contribution in [2.75, 3.05) is 0 Å². The summed E-state index contributed by atoms with van der Waals surface area (Å²) in [6.45, 7) is 2.10. The van der Waals surface area contributed by atoms with Gasteiger partial charge in [0, 0.05) is 0 Å². The summed E-state index contributed by atoms with van der Waals surface area (Å²) >= 11 is 0. The first kappa shape index (κ1) is 20.0. The Kier molecular flexibility index (Phi) is 6.18. The maximum Gasteiger partial charge on any atom is 0.194 e. The summed E-state index contributed by atoms with van der Waals surface area (Å²) in [7, 11) is 0. The topological polar surface area (TPSA) is 0 Å². The predicted octanol–water partition coefficient (Wildman–Crippen LogP) is 7.79. The van der Waals surface area contributed by atoms with Crippen LogP contribution in [0.15, 0.2) is 24.3 Å². The van der Waals surface area contributed by atoms with Crippen molar-refractivity contribution in [1.29, 1.82) is 0 Å². The third-order valence-corrected chi connectivity index (χ3v) is 8.10. The molecule has 3 saturated carbocycles. The van der Waals surface area contributed by atoms with E-state index in [2.05, 4.69) is 19.1 Å². The Morgan fingerprint density at radius 2 is 1.50 bits per heavy atom. The van der Waals surface area contributed by atoms with Gasteiger partial charge in [0.05, 0.1) is 0 Å². The number of halogens is 3. The molecule has 3 fully saturated rings. The lowest BCUT2D eigenvalue weighted by atomic mass is 9.55. The minimum absolute atomic E-state index is 0.180. The Morgan fingerprint density at radius 3 is 2.18 bits per heavy atom. The molecule has 0 nitrogen and oxygen atoms in total. The quantitative estimate of drug-likeness (QED) is 0.363. The van der Waals surface area contributed by atoms with Gasteiger partial charge in [-0.25, -0.2) is 13.2 Å². The van der Waals surface area contributed by atoms with E-state index in [1.807, 2.05) is 0 Å². The van der Waals surface area contributed by atoms with Gasteiger partial charge in [0.15, 0.2) is 17.5 Å². The molecule has 1 aromatic rings. The molecule has 3 heteroatoms. The summed E-state index contributed by atoms with van der Waals surface area (Å²) < 4.78 is 40.7. The van der Waals surface area contributed by atoms with Crippen molar-refractivity contribution in [3.05, 3.63) is 47.3 Å². The standard InChI is InChI=1S/C25H33F3/c1-2-3-4-5-16-6-10-21-18(12-16)7-8-19-13-17(9-11-22(19)21)20-14-23(26)25(28)24(27)15-20/h2-3,14-19,21-22H,4-13H2,1H3. The largest absolute Gasteiger partial charge is 0.204 e. The van der Waals surface area contributed by atoms with Crippen LogP contribution in [0.25, 0.3) is 0 Å². The molecule has 154 valence electrons. The minimum Gasteiger partial charge on any atom is -0.204 e. The van der Waals surface area contributed by atoms with E-state index >= 15 is 0 Å². The van der Waals surface area contributed by atoms with E-state index in [1.165, 1.54) is 63.5 Å². The molecule has 0 spiro atoms.